The summed E-state index contributed by atoms with van der Waals surface area (Å²) in [6.45, 7) is 6.10. The van der Waals surface area contributed by atoms with E-state index >= 15 is 0 Å². The van der Waals surface area contributed by atoms with Gasteiger partial charge in [-0.1, -0.05) is 6.92 Å². The average Bonchev–Trinajstić information content (AvgIpc) is 2.11. The Hall–Kier alpha value is -0.410. The fourth-order valence-corrected chi connectivity index (χ4v) is 1.90. The first-order chi connectivity index (χ1) is 7.86. The quantitative estimate of drug-likeness (QED) is 0.323. The Morgan fingerprint density at radius 3 is 1.61 bits per heavy atom. The normalized spacial score (nSPS) is 30.6. The first-order valence-electron chi connectivity index (χ1n) is 5.34. The molecule has 1 fully saturated rings. The molecule has 9 heteroatoms. The average molecular weight is 295 g/mol. The molecule has 110 valence electrons. The monoisotopic (exact) mass is 295 g/mol. The Morgan fingerprint density at radius 1 is 1.11 bits per heavy atom. The molecule has 0 aromatic heterocycles. The minimum Gasteiger partial charge on any atom is -0.279 e. The molecule has 0 aliphatic carbocycles. The van der Waals surface area contributed by atoms with E-state index in [0.29, 0.717) is 5.92 Å². The summed E-state index contributed by atoms with van der Waals surface area (Å²) in [4.78, 5) is 0. The summed E-state index contributed by atoms with van der Waals surface area (Å²) < 4.78 is 70.5. The van der Waals surface area contributed by atoms with Crippen molar-refractivity contribution in [1.29, 1.82) is 0 Å². The standard InChI is InChI=1S/C8H16FN.CHF3O3S/c1-6-4-7(2)10(9)8(3)5-6;2-1(3,4)8(5,6)7/h6-8H,4-5H2,1-3H3;(H,5,6,7). The third-order valence-corrected chi connectivity index (χ3v) is 3.21. The van der Waals surface area contributed by atoms with E-state index < -0.39 is 15.6 Å². The number of nitrogens with zero attached hydrogens (tertiary/aromatic N) is 1. The highest BCUT2D eigenvalue weighted by Crippen LogP contribution is 2.26. The van der Waals surface area contributed by atoms with Gasteiger partial charge >= 0.3 is 15.6 Å². The van der Waals surface area contributed by atoms with E-state index in [-0.39, 0.29) is 12.1 Å². The number of alkyl halides is 3. The van der Waals surface area contributed by atoms with Gasteiger partial charge in [0.05, 0.1) is 0 Å². The van der Waals surface area contributed by atoms with Crippen LogP contribution in [0.25, 0.3) is 0 Å². The smallest absolute Gasteiger partial charge is 0.279 e. The van der Waals surface area contributed by atoms with Gasteiger partial charge in [-0.15, -0.1) is 9.60 Å². The number of rotatable bonds is 0. The van der Waals surface area contributed by atoms with Crippen LogP contribution in [0.3, 0.4) is 0 Å². The first-order valence-corrected chi connectivity index (χ1v) is 6.78. The SMILES string of the molecule is CC1CC(C)N(F)C(C)C1.O=S(=O)(O)C(F)(F)F. The number of halogens is 4. The highest BCUT2D eigenvalue weighted by atomic mass is 32.2. The maximum atomic E-state index is 13.0. The molecular formula is C9H17F4NO3S. The molecular weight excluding hydrogens is 278 g/mol. The van der Waals surface area contributed by atoms with E-state index in [2.05, 4.69) is 6.92 Å². The van der Waals surface area contributed by atoms with Crippen LogP contribution in [0.4, 0.5) is 17.7 Å². The summed E-state index contributed by atoms with van der Waals surface area (Å²) in [5.41, 5.74) is -5.53. The molecule has 0 radical (unpaired) electrons. The summed E-state index contributed by atoms with van der Waals surface area (Å²) in [6, 6.07) is 0.248. The van der Waals surface area contributed by atoms with Crippen LogP contribution in [-0.2, 0) is 10.1 Å². The van der Waals surface area contributed by atoms with Crippen molar-refractivity contribution in [3.8, 4) is 0 Å². The van der Waals surface area contributed by atoms with Crippen molar-refractivity contribution in [2.75, 3.05) is 0 Å². The fourth-order valence-electron chi connectivity index (χ4n) is 1.90. The third kappa shape index (κ3) is 5.49. The minimum atomic E-state index is -5.84. The summed E-state index contributed by atoms with van der Waals surface area (Å²) in [5.74, 6) is 0.692. The zero-order valence-corrected chi connectivity index (χ0v) is 11.1. The van der Waals surface area contributed by atoms with Gasteiger partial charge in [-0.3, -0.25) is 4.55 Å². The molecule has 1 heterocycles. The van der Waals surface area contributed by atoms with Gasteiger partial charge in [-0.05, 0) is 32.6 Å². The lowest BCUT2D eigenvalue weighted by molar-refractivity contribution is -0.0880. The van der Waals surface area contributed by atoms with Gasteiger partial charge < -0.3 is 0 Å². The van der Waals surface area contributed by atoms with E-state index in [4.69, 9.17) is 13.0 Å². The molecule has 0 aromatic carbocycles. The van der Waals surface area contributed by atoms with Gasteiger partial charge in [0.2, 0.25) is 0 Å². The van der Waals surface area contributed by atoms with Crippen LogP contribution in [0.15, 0.2) is 0 Å². The highest BCUT2D eigenvalue weighted by molar-refractivity contribution is 7.86. The summed E-state index contributed by atoms with van der Waals surface area (Å²) in [6.07, 6.45) is 2.00. The fraction of sp³-hybridized carbons (Fsp3) is 1.00. The highest BCUT2D eigenvalue weighted by Gasteiger charge is 2.44. The van der Waals surface area contributed by atoms with Crippen LogP contribution in [0.1, 0.15) is 33.6 Å². The summed E-state index contributed by atoms with van der Waals surface area (Å²) >= 11 is 0. The lowest BCUT2D eigenvalue weighted by Crippen LogP contribution is -2.40. The maximum absolute atomic E-state index is 13.0. The molecule has 1 aliphatic heterocycles. The number of hydrogen-bond donors (Lipinski definition) is 1. The zero-order chi connectivity index (χ0) is 14.7. The Labute approximate surface area is 104 Å². The van der Waals surface area contributed by atoms with Crippen LogP contribution in [0.2, 0.25) is 0 Å². The molecule has 0 spiro atoms. The van der Waals surface area contributed by atoms with Crippen LogP contribution < -0.4 is 0 Å². The second-order valence-corrected chi connectivity index (χ2v) is 5.95. The lowest BCUT2D eigenvalue weighted by Gasteiger charge is -2.34. The van der Waals surface area contributed by atoms with Crippen molar-refractivity contribution in [2.24, 2.45) is 5.92 Å². The van der Waals surface area contributed by atoms with Crippen molar-refractivity contribution in [2.45, 2.75) is 51.2 Å². The molecule has 0 saturated carbocycles. The van der Waals surface area contributed by atoms with Crippen molar-refractivity contribution in [1.82, 2.24) is 5.12 Å². The summed E-state index contributed by atoms with van der Waals surface area (Å²) in [5, 5.41) is 0.986. The van der Waals surface area contributed by atoms with E-state index in [9.17, 15) is 17.7 Å². The van der Waals surface area contributed by atoms with Gasteiger partial charge in [0.1, 0.15) is 0 Å². The molecule has 1 saturated heterocycles. The molecule has 0 amide bonds. The van der Waals surface area contributed by atoms with Crippen molar-refractivity contribution in [3.05, 3.63) is 0 Å². The van der Waals surface area contributed by atoms with Crippen molar-refractivity contribution in [3.63, 3.8) is 0 Å². The molecule has 1 aliphatic rings. The lowest BCUT2D eigenvalue weighted by atomic mass is 9.90. The van der Waals surface area contributed by atoms with Gasteiger partial charge in [0.15, 0.2) is 0 Å². The Balaban J connectivity index is 0.000000331. The second-order valence-electron chi connectivity index (χ2n) is 4.54. The van der Waals surface area contributed by atoms with E-state index in [1.54, 1.807) is 0 Å². The molecule has 18 heavy (non-hydrogen) atoms. The minimum absolute atomic E-state index is 0.124. The number of hydrogen-bond acceptors (Lipinski definition) is 3. The van der Waals surface area contributed by atoms with Crippen molar-refractivity contribution >= 4 is 10.1 Å². The van der Waals surface area contributed by atoms with Gasteiger partial charge in [0, 0.05) is 12.1 Å². The van der Waals surface area contributed by atoms with Gasteiger partial charge in [0.25, 0.3) is 0 Å². The molecule has 1 N–H and O–H groups in total. The zero-order valence-electron chi connectivity index (χ0n) is 10.3. The van der Waals surface area contributed by atoms with E-state index in [1.807, 2.05) is 13.8 Å². The molecule has 0 bridgehead atoms. The predicted octanol–water partition coefficient (Wildman–Crippen LogP) is 2.77. The van der Waals surface area contributed by atoms with Gasteiger partial charge in [-0.25, -0.2) is 0 Å². The molecule has 1 rings (SSSR count). The van der Waals surface area contributed by atoms with Crippen LogP contribution in [0.5, 0.6) is 0 Å². The van der Waals surface area contributed by atoms with E-state index in [0.717, 1.165) is 18.0 Å². The van der Waals surface area contributed by atoms with Crippen LogP contribution >= 0.6 is 0 Å². The van der Waals surface area contributed by atoms with Crippen molar-refractivity contribution < 1.29 is 30.6 Å². The topological polar surface area (TPSA) is 57.6 Å². The summed E-state index contributed by atoms with van der Waals surface area (Å²) in [7, 11) is -5.84. The molecule has 2 atom stereocenters. The predicted molar refractivity (Wildman–Crippen MR) is 57.9 cm³/mol. The molecule has 0 aromatic rings. The number of piperidine rings is 1. The maximum Gasteiger partial charge on any atom is 0.522 e. The molecule has 4 nitrogen and oxygen atoms in total. The van der Waals surface area contributed by atoms with Crippen LogP contribution in [0, 0.1) is 5.92 Å². The Kier molecular flexibility index (Phi) is 6.02. The first kappa shape index (κ1) is 17.6. The van der Waals surface area contributed by atoms with Crippen LogP contribution in [-0.4, -0.2) is 35.7 Å². The molecule has 2 unspecified atom stereocenters. The Morgan fingerprint density at radius 2 is 1.39 bits per heavy atom. The second kappa shape index (κ2) is 6.16. The largest absolute Gasteiger partial charge is 0.522 e. The Bertz CT molecular complexity index is 345. The van der Waals surface area contributed by atoms with E-state index in [1.165, 1.54) is 0 Å². The van der Waals surface area contributed by atoms with Gasteiger partial charge in [-0.2, -0.15) is 21.6 Å². The third-order valence-electron chi connectivity index (χ3n) is 2.62.